The third-order valence-corrected chi connectivity index (χ3v) is 2.63. The van der Waals surface area contributed by atoms with E-state index in [1.807, 2.05) is 0 Å². The lowest BCUT2D eigenvalue weighted by molar-refractivity contribution is -0.126. The minimum absolute atomic E-state index is 0.0725. The van der Waals surface area contributed by atoms with E-state index in [1.165, 1.54) is 22.7 Å². The fourth-order valence-corrected chi connectivity index (χ4v) is 2.08. The molecule has 0 N–H and O–H groups in total. The molecule has 0 spiro atoms. The fourth-order valence-electron chi connectivity index (χ4n) is 1.41. The van der Waals surface area contributed by atoms with Gasteiger partial charge < -0.3 is 9.47 Å². The molecule has 0 amide bonds. The Kier molecular flexibility index (Phi) is 8.39. The van der Waals surface area contributed by atoms with Crippen molar-refractivity contribution in [2.75, 3.05) is 14.2 Å². The van der Waals surface area contributed by atoms with Crippen LogP contribution in [0.1, 0.15) is 19.8 Å². The van der Waals surface area contributed by atoms with Crippen LogP contribution in [0.2, 0.25) is 6.04 Å². The summed E-state index contributed by atoms with van der Waals surface area (Å²) in [6, 6.07) is 1.29. The first-order valence-corrected chi connectivity index (χ1v) is 6.43. The van der Waals surface area contributed by atoms with Gasteiger partial charge in [-0.15, -0.1) is 0 Å². The Morgan fingerprint density at radius 2 is 1.92 bits per heavy atom. The predicted molar refractivity (Wildman–Crippen MR) is 60.1 cm³/mol. The molecule has 0 aliphatic carbocycles. The fraction of sp³-hybridized carbons (Fsp3) is 0.800. The van der Waals surface area contributed by atoms with Gasteiger partial charge in [0, 0.05) is 30.4 Å². The largest absolute Gasteiger partial charge is 0.355 e. The summed E-state index contributed by atoms with van der Waals surface area (Å²) in [4.78, 5) is 0. The van der Waals surface area contributed by atoms with Crippen molar-refractivity contribution in [3.63, 3.8) is 0 Å². The van der Waals surface area contributed by atoms with Gasteiger partial charge in [0.05, 0.1) is 0 Å². The molecule has 0 bridgehead atoms. The molecule has 0 heterocycles. The van der Waals surface area contributed by atoms with Gasteiger partial charge in [-0.1, -0.05) is 25.1 Å². The maximum atomic E-state index is 5.25. The average molecular weight is 202 g/mol. The molecule has 0 aliphatic heterocycles. The maximum Gasteiger partial charge on any atom is 0.162 e. The highest BCUT2D eigenvalue weighted by atomic mass is 28.1. The molecule has 1 unspecified atom stereocenters. The third kappa shape index (κ3) is 5.24. The van der Waals surface area contributed by atoms with Crippen LogP contribution < -0.4 is 0 Å². The van der Waals surface area contributed by atoms with Gasteiger partial charge in [-0.05, 0) is 12.8 Å². The Hall–Kier alpha value is -0.123. The lowest BCUT2D eigenvalue weighted by Crippen LogP contribution is -2.23. The van der Waals surface area contributed by atoms with Crippen molar-refractivity contribution in [3.05, 3.63) is 12.2 Å². The van der Waals surface area contributed by atoms with E-state index in [-0.39, 0.29) is 6.29 Å². The van der Waals surface area contributed by atoms with Gasteiger partial charge in [0.15, 0.2) is 6.29 Å². The van der Waals surface area contributed by atoms with Gasteiger partial charge in [-0.3, -0.25) is 0 Å². The first-order valence-electron chi connectivity index (χ1n) is 5.02. The molecule has 0 aromatic heterocycles. The van der Waals surface area contributed by atoms with Crippen molar-refractivity contribution in [1.82, 2.24) is 0 Å². The highest BCUT2D eigenvalue weighted by Gasteiger charge is 2.16. The lowest BCUT2D eigenvalue weighted by Gasteiger charge is -2.21. The monoisotopic (exact) mass is 202 g/mol. The van der Waals surface area contributed by atoms with Crippen LogP contribution in [-0.4, -0.2) is 30.8 Å². The van der Waals surface area contributed by atoms with Crippen molar-refractivity contribution in [2.24, 2.45) is 5.92 Å². The van der Waals surface area contributed by atoms with E-state index < -0.39 is 0 Å². The minimum Gasteiger partial charge on any atom is -0.355 e. The standard InChI is InChI=1S/C10H22O2Si/c1-4-5-6-9(7-8-13)10(11-2)12-3/h5-6,9-10H,4,7-8H2,1-3,13H3. The van der Waals surface area contributed by atoms with Crippen molar-refractivity contribution in [1.29, 1.82) is 0 Å². The Balaban J connectivity index is 4.11. The van der Waals surface area contributed by atoms with Crippen LogP contribution in [-0.2, 0) is 9.47 Å². The zero-order valence-electron chi connectivity index (χ0n) is 9.25. The van der Waals surface area contributed by atoms with Crippen LogP contribution in [0.25, 0.3) is 0 Å². The molecule has 0 aromatic rings. The molecule has 13 heavy (non-hydrogen) atoms. The zero-order valence-corrected chi connectivity index (χ0v) is 11.2. The van der Waals surface area contributed by atoms with Crippen LogP contribution in [0.5, 0.6) is 0 Å². The summed E-state index contributed by atoms with van der Waals surface area (Å²) >= 11 is 0. The molecule has 0 fully saturated rings. The van der Waals surface area contributed by atoms with Gasteiger partial charge in [-0.2, -0.15) is 0 Å². The van der Waals surface area contributed by atoms with E-state index in [9.17, 15) is 0 Å². The van der Waals surface area contributed by atoms with E-state index in [1.54, 1.807) is 14.2 Å². The highest BCUT2D eigenvalue weighted by Crippen LogP contribution is 2.16. The Labute approximate surface area is 84.7 Å². The van der Waals surface area contributed by atoms with Gasteiger partial charge in [-0.25, -0.2) is 0 Å². The molecule has 2 nitrogen and oxygen atoms in total. The second-order valence-electron chi connectivity index (χ2n) is 3.13. The van der Waals surface area contributed by atoms with Gasteiger partial charge >= 0.3 is 0 Å². The van der Waals surface area contributed by atoms with E-state index in [0.717, 1.165) is 6.42 Å². The normalized spacial score (nSPS) is 14.5. The lowest BCUT2D eigenvalue weighted by atomic mass is 10.1. The van der Waals surface area contributed by atoms with Crippen LogP contribution in [0.15, 0.2) is 12.2 Å². The molecule has 0 saturated heterocycles. The molecule has 0 aliphatic rings. The topological polar surface area (TPSA) is 18.5 Å². The summed E-state index contributed by atoms with van der Waals surface area (Å²) in [5.74, 6) is 0.424. The van der Waals surface area contributed by atoms with Crippen molar-refractivity contribution < 1.29 is 9.47 Å². The number of rotatable bonds is 7. The molecule has 0 rings (SSSR count). The van der Waals surface area contributed by atoms with Crippen LogP contribution in [0.4, 0.5) is 0 Å². The van der Waals surface area contributed by atoms with Crippen LogP contribution in [0, 0.1) is 5.92 Å². The van der Waals surface area contributed by atoms with Gasteiger partial charge in [0.2, 0.25) is 0 Å². The highest BCUT2D eigenvalue weighted by molar-refractivity contribution is 6.08. The van der Waals surface area contributed by atoms with Gasteiger partial charge in [0.1, 0.15) is 0 Å². The van der Waals surface area contributed by atoms with Crippen molar-refractivity contribution in [3.8, 4) is 0 Å². The molecule has 0 radical (unpaired) electrons. The Morgan fingerprint density at radius 3 is 2.31 bits per heavy atom. The van der Waals surface area contributed by atoms with E-state index in [2.05, 4.69) is 19.1 Å². The number of hydrogen-bond donors (Lipinski definition) is 0. The molecule has 0 aromatic carbocycles. The summed E-state index contributed by atoms with van der Waals surface area (Å²) in [6.07, 6.45) is 6.59. The Bertz CT molecular complexity index is 133. The Morgan fingerprint density at radius 1 is 1.31 bits per heavy atom. The van der Waals surface area contributed by atoms with E-state index in [0.29, 0.717) is 5.92 Å². The average Bonchev–Trinajstić information content (AvgIpc) is 2.16. The smallest absolute Gasteiger partial charge is 0.162 e. The predicted octanol–water partition coefficient (Wildman–Crippen LogP) is 1.36. The summed E-state index contributed by atoms with van der Waals surface area (Å²) in [5, 5.41) is 0. The van der Waals surface area contributed by atoms with Crippen LogP contribution in [0.3, 0.4) is 0 Å². The summed E-state index contributed by atoms with van der Waals surface area (Å²) in [6.45, 7) is 2.14. The number of hydrogen-bond acceptors (Lipinski definition) is 2. The van der Waals surface area contributed by atoms with E-state index >= 15 is 0 Å². The number of ether oxygens (including phenoxy) is 2. The summed E-state index contributed by atoms with van der Waals surface area (Å²) in [5.41, 5.74) is 0. The minimum atomic E-state index is -0.0725. The second-order valence-corrected chi connectivity index (χ2v) is 4.13. The molecular weight excluding hydrogens is 180 g/mol. The molecule has 0 saturated carbocycles. The molecular formula is C10H22O2Si. The SMILES string of the molecule is CCC=CC(CC[SiH3])C(OC)OC. The first kappa shape index (κ1) is 12.9. The summed E-state index contributed by atoms with van der Waals surface area (Å²) < 4.78 is 10.5. The zero-order chi connectivity index (χ0) is 10.1. The van der Waals surface area contributed by atoms with E-state index in [4.69, 9.17) is 9.47 Å². The third-order valence-electron chi connectivity index (χ3n) is 2.06. The van der Waals surface area contributed by atoms with Crippen molar-refractivity contribution >= 4 is 10.2 Å². The first-order chi connectivity index (χ1) is 6.29. The number of methoxy groups -OCH3 is 2. The number of allylic oxidation sites excluding steroid dienone is 1. The van der Waals surface area contributed by atoms with Crippen molar-refractivity contribution in [2.45, 2.75) is 32.1 Å². The second kappa shape index (κ2) is 8.47. The maximum absolute atomic E-state index is 5.25. The molecule has 3 heteroatoms. The summed E-state index contributed by atoms with van der Waals surface area (Å²) in [7, 11) is 4.66. The molecule has 78 valence electrons. The quantitative estimate of drug-likeness (QED) is 0.353. The van der Waals surface area contributed by atoms with Gasteiger partial charge in [0.25, 0.3) is 0 Å². The van der Waals surface area contributed by atoms with Crippen LogP contribution >= 0.6 is 0 Å². The molecule has 1 atom stereocenters.